The smallest absolute Gasteiger partial charge is 0.265 e. The highest BCUT2D eigenvalue weighted by Crippen LogP contribution is 2.24. The first kappa shape index (κ1) is 13.6. The Hall–Kier alpha value is -1.79. The Kier molecular flexibility index (Phi) is 4.24. The lowest BCUT2D eigenvalue weighted by Gasteiger charge is -2.04. The number of halogens is 1. The summed E-state index contributed by atoms with van der Waals surface area (Å²) in [5, 5.41) is 6.90. The van der Waals surface area contributed by atoms with Crippen molar-refractivity contribution in [2.75, 3.05) is 18.1 Å². The van der Waals surface area contributed by atoms with Gasteiger partial charge < -0.3 is 16.4 Å². The van der Waals surface area contributed by atoms with Gasteiger partial charge in [-0.25, -0.2) is 4.98 Å². The Morgan fingerprint density at radius 1 is 1.53 bits per heavy atom. The predicted molar refractivity (Wildman–Crippen MR) is 78.7 cm³/mol. The molecule has 1 heterocycles. The molecule has 1 amide bonds. The third-order valence-electron chi connectivity index (χ3n) is 2.42. The number of anilines is 2. The first-order valence-corrected chi connectivity index (χ1v) is 6.76. The zero-order valence-corrected chi connectivity index (χ0v) is 11.8. The standard InChI is InChI=1S/C12H13ClN4OS/c1-15-12-17-10(14)9(19-12)11(18)16-6-7-3-2-4-8(13)5-7/h2-5H,6,14H2,1H3,(H,15,17)(H,16,18). The summed E-state index contributed by atoms with van der Waals surface area (Å²) in [5.41, 5.74) is 6.62. The van der Waals surface area contributed by atoms with Gasteiger partial charge in [-0.05, 0) is 17.7 Å². The summed E-state index contributed by atoms with van der Waals surface area (Å²) in [4.78, 5) is 16.4. The Morgan fingerprint density at radius 3 is 2.95 bits per heavy atom. The van der Waals surface area contributed by atoms with Crippen LogP contribution in [0.5, 0.6) is 0 Å². The maximum atomic E-state index is 12.0. The van der Waals surface area contributed by atoms with Crippen molar-refractivity contribution < 1.29 is 4.79 Å². The predicted octanol–water partition coefficient (Wildman–Crippen LogP) is 2.35. The lowest BCUT2D eigenvalue weighted by molar-refractivity contribution is 0.0955. The monoisotopic (exact) mass is 296 g/mol. The number of hydrogen-bond acceptors (Lipinski definition) is 5. The Bertz CT molecular complexity index is 599. The van der Waals surface area contributed by atoms with Gasteiger partial charge >= 0.3 is 0 Å². The Balaban J connectivity index is 2.03. The van der Waals surface area contributed by atoms with Gasteiger partial charge in [0.15, 0.2) is 5.13 Å². The molecule has 2 rings (SSSR count). The normalized spacial score (nSPS) is 10.2. The minimum Gasteiger partial charge on any atom is -0.382 e. The number of amides is 1. The summed E-state index contributed by atoms with van der Waals surface area (Å²) in [6.45, 7) is 0.394. The summed E-state index contributed by atoms with van der Waals surface area (Å²) in [7, 11) is 1.73. The van der Waals surface area contributed by atoms with Crippen LogP contribution < -0.4 is 16.4 Å². The van der Waals surface area contributed by atoms with Crippen molar-refractivity contribution in [2.45, 2.75) is 6.54 Å². The van der Waals surface area contributed by atoms with Gasteiger partial charge in [-0.3, -0.25) is 4.79 Å². The minimum absolute atomic E-state index is 0.234. The number of nitrogens with one attached hydrogen (secondary N) is 2. The molecule has 0 atom stereocenters. The van der Waals surface area contributed by atoms with Gasteiger partial charge in [-0.15, -0.1) is 0 Å². The highest BCUT2D eigenvalue weighted by Gasteiger charge is 2.15. The highest BCUT2D eigenvalue weighted by atomic mass is 35.5. The molecule has 0 radical (unpaired) electrons. The summed E-state index contributed by atoms with van der Waals surface area (Å²) >= 11 is 7.10. The Morgan fingerprint density at radius 2 is 2.32 bits per heavy atom. The zero-order valence-electron chi connectivity index (χ0n) is 10.2. The van der Waals surface area contributed by atoms with Crippen LogP contribution in [0.2, 0.25) is 5.02 Å². The van der Waals surface area contributed by atoms with Gasteiger partial charge in [0.2, 0.25) is 0 Å². The molecule has 0 fully saturated rings. The number of carbonyl (C=O) groups excluding carboxylic acids is 1. The van der Waals surface area contributed by atoms with Crippen LogP contribution in [-0.4, -0.2) is 17.9 Å². The van der Waals surface area contributed by atoms with E-state index >= 15 is 0 Å². The van der Waals surface area contributed by atoms with Crippen LogP contribution in [0.1, 0.15) is 15.2 Å². The quantitative estimate of drug-likeness (QED) is 0.809. The van der Waals surface area contributed by atoms with Gasteiger partial charge in [-0.1, -0.05) is 35.1 Å². The van der Waals surface area contributed by atoms with Crippen molar-refractivity contribution in [3.63, 3.8) is 0 Å². The van der Waals surface area contributed by atoms with E-state index in [9.17, 15) is 4.79 Å². The molecule has 100 valence electrons. The van der Waals surface area contributed by atoms with E-state index < -0.39 is 0 Å². The van der Waals surface area contributed by atoms with Crippen molar-refractivity contribution in [3.8, 4) is 0 Å². The van der Waals surface area contributed by atoms with Crippen molar-refractivity contribution >= 4 is 39.8 Å². The third-order valence-corrected chi connectivity index (χ3v) is 3.74. The maximum absolute atomic E-state index is 12.0. The van der Waals surface area contributed by atoms with Crippen molar-refractivity contribution in [1.29, 1.82) is 0 Å². The molecule has 2 aromatic rings. The second-order valence-corrected chi connectivity index (χ2v) is 5.23. The fourth-order valence-electron chi connectivity index (χ4n) is 1.51. The largest absolute Gasteiger partial charge is 0.382 e. The van der Waals surface area contributed by atoms with Gasteiger partial charge in [0.05, 0.1) is 0 Å². The summed E-state index contributed by atoms with van der Waals surface area (Å²) in [5.74, 6) is -0.00517. The molecule has 1 aromatic heterocycles. The number of carbonyl (C=O) groups is 1. The van der Waals surface area contributed by atoms with E-state index in [0.717, 1.165) is 5.56 Å². The number of rotatable bonds is 4. The molecule has 0 saturated carbocycles. The summed E-state index contributed by atoms with van der Waals surface area (Å²) in [6.07, 6.45) is 0. The SMILES string of the molecule is CNc1nc(N)c(C(=O)NCc2cccc(Cl)c2)s1. The molecule has 7 heteroatoms. The van der Waals surface area contributed by atoms with E-state index in [4.69, 9.17) is 17.3 Å². The lowest BCUT2D eigenvalue weighted by Crippen LogP contribution is -2.22. The molecule has 0 aliphatic heterocycles. The molecule has 4 N–H and O–H groups in total. The molecule has 0 spiro atoms. The number of nitrogens with two attached hydrogens (primary N) is 1. The number of benzene rings is 1. The fourth-order valence-corrected chi connectivity index (χ4v) is 2.48. The number of nitrogen functional groups attached to an aromatic ring is 1. The average Bonchev–Trinajstić information content (AvgIpc) is 2.77. The second-order valence-electron chi connectivity index (χ2n) is 3.80. The van der Waals surface area contributed by atoms with Gasteiger partial charge in [-0.2, -0.15) is 0 Å². The number of hydrogen-bond donors (Lipinski definition) is 3. The van der Waals surface area contributed by atoms with Crippen LogP contribution >= 0.6 is 22.9 Å². The third kappa shape index (κ3) is 3.36. The van der Waals surface area contributed by atoms with Crippen LogP contribution in [0.15, 0.2) is 24.3 Å². The first-order chi connectivity index (χ1) is 9.10. The van der Waals surface area contributed by atoms with Crippen LogP contribution in [0.25, 0.3) is 0 Å². The van der Waals surface area contributed by atoms with E-state index in [-0.39, 0.29) is 11.7 Å². The summed E-state index contributed by atoms with van der Waals surface area (Å²) < 4.78 is 0. The van der Waals surface area contributed by atoms with E-state index in [1.54, 1.807) is 19.2 Å². The van der Waals surface area contributed by atoms with Crippen molar-refractivity contribution in [3.05, 3.63) is 39.7 Å². The molecule has 0 unspecified atom stereocenters. The molecule has 0 saturated heterocycles. The molecule has 1 aromatic carbocycles. The summed E-state index contributed by atoms with van der Waals surface area (Å²) in [6, 6.07) is 7.31. The zero-order chi connectivity index (χ0) is 13.8. The van der Waals surface area contributed by atoms with Crippen LogP contribution in [-0.2, 0) is 6.54 Å². The number of thiazole rings is 1. The molecule has 5 nitrogen and oxygen atoms in total. The van der Waals surface area contributed by atoms with E-state index in [1.807, 2.05) is 12.1 Å². The van der Waals surface area contributed by atoms with Crippen molar-refractivity contribution in [2.24, 2.45) is 0 Å². The maximum Gasteiger partial charge on any atom is 0.265 e. The first-order valence-electron chi connectivity index (χ1n) is 5.57. The molecule has 0 aliphatic rings. The topological polar surface area (TPSA) is 80.0 Å². The average molecular weight is 297 g/mol. The lowest BCUT2D eigenvalue weighted by atomic mass is 10.2. The number of nitrogens with zero attached hydrogens (tertiary/aromatic N) is 1. The van der Waals surface area contributed by atoms with Crippen molar-refractivity contribution in [1.82, 2.24) is 10.3 Å². The van der Waals surface area contributed by atoms with Crippen LogP contribution in [0.3, 0.4) is 0 Å². The molecule has 0 bridgehead atoms. The van der Waals surface area contributed by atoms with Gasteiger partial charge in [0, 0.05) is 18.6 Å². The van der Waals surface area contributed by atoms with E-state index in [2.05, 4.69) is 15.6 Å². The molecule has 0 aliphatic carbocycles. The fraction of sp³-hybridized carbons (Fsp3) is 0.167. The number of aromatic nitrogens is 1. The van der Waals surface area contributed by atoms with Crippen LogP contribution in [0.4, 0.5) is 10.9 Å². The molecular weight excluding hydrogens is 284 g/mol. The van der Waals surface area contributed by atoms with Crippen LogP contribution in [0, 0.1) is 0 Å². The van der Waals surface area contributed by atoms with E-state index in [0.29, 0.717) is 21.6 Å². The Labute approximate surface area is 119 Å². The molecule has 19 heavy (non-hydrogen) atoms. The highest BCUT2D eigenvalue weighted by molar-refractivity contribution is 7.18. The van der Waals surface area contributed by atoms with E-state index in [1.165, 1.54) is 11.3 Å². The van der Waals surface area contributed by atoms with Gasteiger partial charge in [0.1, 0.15) is 10.7 Å². The molecular formula is C12H13ClN4OS. The minimum atomic E-state index is -0.239. The van der Waals surface area contributed by atoms with Gasteiger partial charge in [0.25, 0.3) is 5.91 Å². The second kappa shape index (κ2) is 5.90.